The van der Waals surface area contributed by atoms with E-state index < -0.39 is 0 Å². The Morgan fingerprint density at radius 1 is 1.10 bits per heavy atom. The highest BCUT2D eigenvalue weighted by molar-refractivity contribution is 7.18. The fourth-order valence-corrected chi connectivity index (χ4v) is 3.33. The van der Waals surface area contributed by atoms with E-state index in [-0.39, 0.29) is 11.9 Å². The van der Waals surface area contributed by atoms with Gasteiger partial charge >= 0.3 is 0 Å². The molecule has 2 aromatic carbocycles. The van der Waals surface area contributed by atoms with E-state index in [1.165, 1.54) is 16.8 Å². The van der Waals surface area contributed by atoms with Crippen molar-refractivity contribution in [2.45, 2.75) is 18.9 Å². The van der Waals surface area contributed by atoms with Crippen LogP contribution in [0.4, 0.5) is 4.39 Å². The second kappa shape index (κ2) is 5.69. The minimum absolute atomic E-state index is 0.0441. The molecule has 0 amide bonds. The Balaban J connectivity index is 1.70. The first-order valence-electron chi connectivity index (χ1n) is 6.55. The van der Waals surface area contributed by atoms with E-state index in [1.54, 1.807) is 17.4 Å². The van der Waals surface area contributed by atoms with Crippen molar-refractivity contribution in [2.75, 3.05) is 0 Å². The van der Waals surface area contributed by atoms with Gasteiger partial charge in [0.05, 0.1) is 15.2 Å². The van der Waals surface area contributed by atoms with E-state index in [0.29, 0.717) is 6.42 Å². The molecule has 0 radical (unpaired) electrons. The summed E-state index contributed by atoms with van der Waals surface area (Å²) in [6.45, 7) is 0. The zero-order chi connectivity index (χ0) is 13.9. The van der Waals surface area contributed by atoms with E-state index in [2.05, 4.69) is 11.1 Å². The van der Waals surface area contributed by atoms with Gasteiger partial charge in [-0.1, -0.05) is 24.3 Å². The van der Waals surface area contributed by atoms with Crippen molar-refractivity contribution in [3.8, 4) is 0 Å². The van der Waals surface area contributed by atoms with Crippen LogP contribution in [0.5, 0.6) is 0 Å². The van der Waals surface area contributed by atoms with Gasteiger partial charge in [-0.05, 0) is 36.2 Å². The quantitative estimate of drug-likeness (QED) is 0.796. The monoisotopic (exact) mass is 286 g/mol. The third kappa shape index (κ3) is 3.03. The summed E-state index contributed by atoms with van der Waals surface area (Å²) >= 11 is 1.67. The molecule has 0 spiro atoms. The average Bonchev–Trinajstić information content (AvgIpc) is 2.80. The highest BCUT2D eigenvalue weighted by Crippen LogP contribution is 2.22. The smallest absolute Gasteiger partial charge is 0.123 e. The summed E-state index contributed by atoms with van der Waals surface area (Å²) < 4.78 is 14.3. The highest BCUT2D eigenvalue weighted by atomic mass is 32.1. The lowest BCUT2D eigenvalue weighted by molar-refractivity contribution is 0.618. The van der Waals surface area contributed by atoms with Crippen LogP contribution in [-0.4, -0.2) is 11.0 Å². The molecule has 3 aromatic rings. The summed E-state index contributed by atoms with van der Waals surface area (Å²) in [5.41, 5.74) is 8.10. The Morgan fingerprint density at radius 2 is 1.95 bits per heavy atom. The van der Waals surface area contributed by atoms with Crippen LogP contribution < -0.4 is 5.73 Å². The molecular weight excluding hydrogens is 271 g/mol. The molecule has 1 heterocycles. The van der Waals surface area contributed by atoms with Gasteiger partial charge in [0.1, 0.15) is 5.82 Å². The molecule has 2 N–H and O–H groups in total. The maximum absolute atomic E-state index is 13.1. The normalized spacial score (nSPS) is 12.7. The fourth-order valence-electron chi connectivity index (χ4n) is 2.27. The number of benzene rings is 2. The second-order valence-electron chi connectivity index (χ2n) is 4.87. The summed E-state index contributed by atoms with van der Waals surface area (Å²) in [6.07, 6.45) is 1.38. The van der Waals surface area contributed by atoms with Crippen LogP contribution in [0.3, 0.4) is 0 Å². The Bertz CT molecular complexity index is 690. The first-order valence-corrected chi connectivity index (χ1v) is 7.37. The van der Waals surface area contributed by atoms with E-state index >= 15 is 0 Å². The zero-order valence-electron chi connectivity index (χ0n) is 10.9. The molecule has 20 heavy (non-hydrogen) atoms. The summed E-state index contributed by atoms with van der Waals surface area (Å²) in [4.78, 5) is 4.58. The number of halogens is 1. The molecule has 4 heteroatoms. The molecule has 0 aliphatic rings. The van der Waals surface area contributed by atoms with Gasteiger partial charge in [0.25, 0.3) is 0 Å². The lowest BCUT2D eigenvalue weighted by atomic mass is 10.0. The van der Waals surface area contributed by atoms with E-state index in [0.717, 1.165) is 22.5 Å². The third-order valence-corrected chi connectivity index (χ3v) is 4.22. The number of hydrogen-bond donors (Lipinski definition) is 1. The number of aromatic nitrogens is 1. The number of nitrogens with two attached hydrogens (primary N) is 1. The minimum atomic E-state index is -0.213. The number of fused-ring (bicyclic) bond motifs is 1. The molecule has 0 aliphatic heterocycles. The zero-order valence-corrected chi connectivity index (χ0v) is 11.7. The van der Waals surface area contributed by atoms with Gasteiger partial charge in [-0.25, -0.2) is 9.37 Å². The van der Waals surface area contributed by atoms with Crippen molar-refractivity contribution < 1.29 is 4.39 Å². The van der Waals surface area contributed by atoms with Crippen molar-refractivity contribution in [1.82, 2.24) is 4.98 Å². The first kappa shape index (κ1) is 13.2. The summed E-state index contributed by atoms with van der Waals surface area (Å²) in [5.74, 6) is -0.213. The van der Waals surface area contributed by atoms with E-state index in [4.69, 9.17) is 5.73 Å². The maximum atomic E-state index is 13.1. The molecule has 0 bridgehead atoms. The van der Waals surface area contributed by atoms with Crippen molar-refractivity contribution in [1.29, 1.82) is 0 Å². The molecule has 0 fully saturated rings. The van der Waals surface area contributed by atoms with Crippen molar-refractivity contribution in [3.63, 3.8) is 0 Å². The van der Waals surface area contributed by atoms with Crippen LogP contribution >= 0.6 is 11.3 Å². The fraction of sp³-hybridized carbons (Fsp3) is 0.188. The Labute approximate surface area is 121 Å². The largest absolute Gasteiger partial charge is 0.327 e. The Hall–Kier alpha value is -1.78. The van der Waals surface area contributed by atoms with E-state index in [9.17, 15) is 4.39 Å². The Kier molecular flexibility index (Phi) is 3.76. The summed E-state index contributed by atoms with van der Waals surface area (Å²) in [6, 6.07) is 14.6. The maximum Gasteiger partial charge on any atom is 0.123 e. The van der Waals surface area contributed by atoms with Gasteiger partial charge in [-0.2, -0.15) is 0 Å². The van der Waals surface area contributed by atoms with Crippen LogP contribution in [-0.2, 0) is 12.8 Å². The molecule has 1 atom stereocenters. The molecule has 1 aromatic heterocycles. The van der Waals surface area contributed by atoms with Gasteiger partial charge in [0.15, 0.2) is 0 Å². The van der Waals surface area contributed by atoms with Crippen LogP contribution in [0.1, 0.15) is 10.6 Å². The molecule has 3 rings (SSSR count). The molecular formula is C16H15FN2S. The third-order valence-electron chi connectivity index (χ3n) is 3.16. The predicted octanol–water partition coefficient (Wildman–Crippen LogP) is 3.55. The van der Waals surface area contributed by atoms with Crippen molar-refractivity contribution in [2.24, 2.45) is 5.73 Å². The molecule has 0 saturated heterocycles. The van der Waals surface area contributed by atoms with Crippen LogP contribution in [0.25, 0.3) is 10.2 Å². The number of nitrogens with zero attached hydrogens (tertiary/aromatic N) is 1. The highest BCUT2D eigenvalue weighted by Gasteiger charge is 2.10. The van der Waals surface area contributed by atoms with Crippen LogP contribution in [0.2, 0.25) is 0 Å². The first-order chi connectivity index (χ1) is 9.70. The molecule has 0 aliphatic carbocycles. The lowest BCUT2D eigenvalue weighted by Crippen LogP contribution is -2.25. The predicted molar refractivity (Wildman–Crippen MR) is 81.4 cm³/mol. The second-order valence-corrected chi connectivity index (χ2v) is 5.99. The van der Waals surface area contributed by atoms with Gasteiger partial charge < -0.3 is 5.73 Å². The molecule has 0 saturated carbocycles. The van der Waals surface area contributed by atoms with Crippen LogP contribution in [0.15, 0.2) is 48.5 Å². The van der Waals surface area contributed by atoms with Crippen molar-refractivity contribution >= 4 is 21.6 Å². The van der Waals surface area contributed by atoms with E-state index in [1.807, 2.05) is 24.3 Å². The Morgan fingerprint density at radius 3 is 2.75 bits per heavy atom. The molecule has 102 valence electrons. The SMILES string of the molecule is NC(Cc1cccc(F)c1)Cc1nc2ccccc2s1. The number of rotatable bonds is 4. The number of para-hydroxylation sites is 1. The molecule has 2 nitrogen and oxygen atoms in total. The topological polar surface area (TPSA) is 38.9 Å². The van der Waals surface area contributed by atoms with Gasteiger partial charge in [0, 0.05) is 12.5 Å². The standard InChI is InChI=1S/C16H15FN2S/c17-12-5-3-4-11(8-12)9-13(18)10-16-19-14-6-1-2-7-15(14)20-16/h1-8,13H,9-10,18H2. The van der Waals surface area contributed by atoms with Crippen LogP contribution in [0, 0.1) is 5.82 Å². The van der Waals surface area contributed by atoms with Gasteiger partial charge in [0.2, 0.25) is 0 Å². The lowest BCUT2D eigenvalue weighted by Gasteiger charge is -2.09. The summed E-state index contributed by atoms with van der Waals surface area (Å²) in [5, 5.41) is 1.04. The molecule has 1 unspecified atom stereocenters. The number of thiazole rings is 1. The number of hydrogen-bond acceptors (Lipinski definition) is 3. The minimum Gasteiger partial charge on any atom is -0.327 e. The van der Waals surface area contributed by atoms with Gasteiger partial charge in [-0.3, -0.25) is 0 Å². The van der Waals surface area contributed by atoms with Crippen molar-refractivity contribution in [3.05, 3.63) is 64.9 Å². The van der Waals surface area contributed by atoms with Gasteiger partial charge in [-0.15, -0.1) is 11.3 Å². The summed E-state index contributed by atoms with van der Waals surface area (Å²) in [7, 11) is 0. The average molecular weight is 286 g/mol.